The fourth-order valence-electron chi connectivity index (χ4n) is 2.39. The fourth-order valence-corrected chi connectivity index (χ4v) is 2.75. The minimum atomic E-state index is -1.51. The number of amides is 1. The summed E-state index contributed by atoms with van der Waals surface area (Å²) in [4.78, 5) is 24.3. The summed E-state index contributed by atoms with van der Waals surface area (Å²) >= 11 is 3.32. The number of benzene rings is 1. The van der Waals surface area contributed by atoms with Gasteiger partial charge in [-0.2, -0.15) is 0 Å². The van der Waals surface area contributed by atoms with Crippen LogP contribution in [-0.2, 0) is 24.8 Å². The van der Waals surface area contributed by atoms with Crippen LogP contribution in [0.5, 0.6) is 0 Å². The van der Waals surface area contributed by atoms with Crippen LogP contribution in [0.25, 0.3) is 0 Å². The maximum Gasteiger partial charge on any atom is 0.292 e. The highest BCUT2D eigenvalue weighted by Crippen LogP contribution is 2.46. The Bertz CT molecular complexity index is 567. The third-order valence-corrected chi connectivity index (χ3v) is 3.61. The number of hydrogen-bond acceptors (Lipinski definition) is 5. The van der Waals surface area contributed by atoms with Crippen molar-refractivity contribution < 1.29 is 24.2 Å². The molecule has 0 radical (unpaired) electrons. The topological polar surface area (TPSA) is 78.9 Å². The maximum atomic E-state index is 12.4. The lowest BCUT2D eigenvalue weighted by molar-refractivity contribution is -0.303. The molecule has 1 aromatic rings. The summed E-state index contributed by atoms with van der Waals surface area (Å²) in [6, 6.07) is 5.08. The number of ether oxygens (including phenoxy) is 2. The highest BCUT2D eigenvalue weighted by molar-refractivity contribution is 9.10. The zero-order valence-corrected chi connectivity index (χ0v) is 11.3. The molecule has 2 heterocycles. The smallest absolute Gasteiger partial charge is 0.292 e. The van der Waals surface area contributed by atoms with Gasteiger partial charge in [-0.25, -0.2) is 0 Å². The zero-order chi connectivity index (χ0) is 13.6. The van der Waals surface area contributed by atoms with Crippen molar-refractivity contribution in [3.63, 3.8) is 0 Å². The van der Waals surface area contributed by atoms with Gasteiger partial charge in [0.1, 0.15) is 0 Å². The van der Waals surface area contributed by atoms with Gasteiger partial charge in [0.25, 0.3) is 11.7 Å². The van der Waals surface area contributed by atoms with E-state index in [1.807, 2.05) is 0 Å². The Morgan fingerprint density at radius 3 is 2.74 bits per heavy atom. The van der Waals surface area contributed by atoms with Gasteiger partial charge in [-0.15, -0.1) is 0 Å². The summed E-state index contributed by atoms with van der Waals surface area (Å²) in [6.45, 7) is 0.0512. The van der Waals surface area contributed by atoms with Gasteiger partial charge in [0.15, 0.2) is 0 Å². The van der Waals surface area contributed by atoms with Gasteiger partial charge in [-0.05, 0) is 18.2 Å². The minimum Gasteiger partial charge on any atom is -0.548 e. The summed E-state index contributed by atoms with van der Waals surface area (Å²) in [6.07, 6.45) is 0. The molecule has 2 aliphatic heterocycles. The van der Waals surface area contributed by atoms with Gasteiger partial charge in [0.05, 0.1) is 31.4 Å². The second-order valence-electron chi connectivity index (χ2n) is 4.24. The van der Waals surface area contributed by atoms with Gasteiger partial charge in [0.2, 0.25) is 0 Å². The van der Waals surface area contributed by atoms with Crippen LogP contribution in [0.15, 0.2) is 22.7 Å². The van der Waals surface area contributed by atoms with Crippen LogP contribution in [0.2, 0.25) is 0 Å². The molecule has 2 aliphatic rings. The number of aliphatic carboxylic acids is 1. The van der Waals surface area contributed by atoms with Gasteiger partial charge < -0.3 is 24.3 Å². The number of rotatable bonds is 2. The molecule has 0 unspecified atom stereocenters. The fraction of sp³-hybridized carbons (Fsp3) is 0.333. The van der Waals surface area contributed by atoms with Crippen LogP contribution < -0.4 is 10.0 Å². The predicted molar refractivity (Wildman–Crippen MR) is 65.1 cm³/mol. The van der Waals surface area contributed by atoms with Crippen molar-refractivity contribution in [1.82, 2.24) is 0 Å². The van der Waals surface area contributed by atoms with Crippen LogP contribution in [0, 0.1) is 0 Å². The normalized spacial score (nSPS) is 20.1. The molecule has 1 aromatic carbocycles. The summed E-state index contributed by atoms with van der Waals surface area (Å²) in [5, 5.41) is 10.8. The summed E-state index contributed by atoms with van der Waals surface area (Å²) in [5.41, 5.74) is 0.991. The number of carbonyl (C=O) groups excluding carboxylic acids is 2. The van der Waals surface area contributed by atoms with Gasteiger partial charge in [-0.1, -0.05) is 15.9 Å². The van der Waals surface area contributed by atoms with E-state index in [2.05, 4.69) is 15.9 Å². The Morgan fingerprint density at radius 1 is 1.42 bits per heavy atom. The number of carboxylic acid groups (broad SMARTS) is 1. The van der Waals surface area contributed by atoms with Crippen LogP contribution >= 0.6 is 15.9 Å². The van der Waals surface area contributed by atoms with Crippen molar-refractivity contribution in [1.29, 1.82) is 0 Å². The van der Waals surface area contributed by atoms with Crippen molar-refractivity contribution in [3.05, 3.63) is 28.2 Å². The number of hydrogen-bond donors (Lipinski definition) is 0. The number of carboxylic acids is 1. The summed E-state index contributed by atoms with van der Waals surface area (Å²) in [5.74, 6) is -3.37. The Labute approximate surface area is 117 Å². The third kappa shape index (κ3) is 1.77. The van der Waals surface area contributed by atoms with E-state index < -0.39 is 24.2 Å². The van der Waals surface area contributed by atoms with Crippen molar-refractivity contribution in [2.45, 2.75) is 5.79 Å². The van der Waals surface area contributed by atoms with Crippen LogP contribution in [-0.4, -0.2) is 31.6 Å². The molecule has 3 rings (SSSR count). The molecule has 0 N–H and O–H groups in total. The monoisotopic (exact) mass is 326 g/mol. The Balaban J connectivity index is 2.14. The van der Waals surface area contributed by atoms with E-state index in [1.165, 1.54) is 0 Å². The number of nitrogens with zero attached hydrogens (tertiary/aromatic N) is 1. The molecule has 1 amide bonds. The standard InChI is InChI=1S/C12H10BrNO5/c13-7-1-2-9-8(5-7)12(18-3-4-19-12)11(17)14(9)6-10(15)16/h1-2,5H,3-4,6H2,(H,15,16)/p-1. The highest BCUT2D eigenvalue weighted by Gasteiger charge is 2.56. The molecular weight excluding hydrogens is 318 g/mol. The molecule has 0 atom stereocenters. The number of carbonyl (C=O) groups is 2. The quantitative estimate of drug-likeness (QED) is 0.748. The van der Waals surface area contributed by atoms with Crippen LogP contribution in [0.4, 0.5) is 5.69 Å². The molecule has 0 aromatic heterocycles. The van der Waals surface area contributed by atoms with Crippen LogP contribution in [0.3, 0.4) is 0 Å². The largest absolute Gasteiger partial charge is 0.548 e. The summed E-state index contributed by atoms with van der Waals surface area (Å²) in [7, 11) is 0. The second kappa shape index (κ2) is 4.29. The van der Waals surface area contributed by atoms with Crippen LogP contribution in [0.1, 0.15) is 5.56 Å². The maximum absolute atomic E-state index is 12.4. The predicted octanol–water partition coefficient (Wildman–Crippen LogP) is -0.255. The first-order valence-electron chi connectivity index (χ1n) is 5.64. The van der Waals surface area contributed by atoms with Crippen molar-refractivity contribution >= 4 is 33.5 Å². The zero-order valence-electron chi connectivity index (χ0n) is 9.72. The minimum absolute atomic E-state index is 0.289. The van der Waals surface area contributed by atoms with E-state index in [0.717, 1.165) is 9.37 Å². The molecule has 0 saturated carbocycles. The molecule has 0 bridgehead atoms. The summed E-state index contributed by atoms with van der Waals surface area (Å²) < 4.78 is 11.7. The molecule has 100 valence electrons. The first kappa shape index (κ1) is 12.6. The number of fused-ring (bicyclic) bond motifs is 2. The Kier molecular flexibility index (Phi) is 2.84. The Morgan fingerprint density at radius 2 is 2.11 bits per heavy atom. The molecule has 7 heteroatoms. The molecule has 19 heavy (non-hydrogen) atoms. The van der Waals surface area contributed by atoms with E-state index >= 15 is 0 Å². The number of anilines is 1. The first-order valence-corrected chi connectivity index (χ1v) is 6.43. The molecule has 1 spiro atoms. The van der Waals surface area contributed by atoms with E-state index in [-0.39, 0.29) is 13.2 Å². The second-order valence-corrected chi connectivity index (χ2v) is 5.15. The highest BCUT2D eigenvalue weighted by atomic mass is 79.9. The molecule has 1 saturated heterocycles. The lowest BCUT2D eigenvalue weighted by Crippen LogP contribution is -2.46. The SMILES string of the molecule is O=C([O-])CN1C(=O)C2(OCCO2)c2cc(Br)ccc21. The first-order chi connectivity index (χ1) is 9.04. The van der Waals surface area contributed by atoms with Crippen molar-refractivity contribution in [2.75, 3.05) is 24.7 Å². The lowest BCUT2D eigenvalue weighted by Gasteiger charge is -2.22. The van der Waals surface area contributed by atoms with Crippen molar-refractivity contribution in [3.8, 4) is 0 Å². The van der Waals surface area contributed by atoms with E-state index in [4.69, 9.17) is 9.47 Å². The molecular formula is C12H9BrNO5-. The molecule has 1 fully saturated rings. The van der Waals surface area contributed by atoms with E-state index in [9.17, 15) is 14.7 Å². The van der Waals surface area contributed by atoms with E-state index in [0.29, 0.717) is 11.3 Å². The average Bonchev–Trinajstić information content (AvgIpc) is 2.92. The van der Waals surface area contributed by atoms with Gasteiger partial charge in [0, 0.05) is 10.0 Å². The third-order valence-electron chi connectivity index (χ3n) is 3.11. The Hall–Kier alpha value is -1.44. The van der Waals surface area contributed by atoms with E-state index in [1.54, 1.807) is 18.2 Å². The molecule has 6 nitrogen and oxygen atoms in total. The molecule has 0 aliphatic carbocycles. The lowest BCUT2D eigenvalue weighted by atomic mass is 10.1. The van der Waals surface area contributed by atoms with Gasteiger partial charge in [-0.3, -0.25) is 4.79 Å². The van der Waals surface area contributed by atoms with Crippen molar-refractivity contribution in [2.24, 2.45) is 0 Å². The number of halogens is 1. The van der Waals surface area contributed by atoms with Gasteiger partial charge >= 0.3 is 0 Å². The average molecular weight is 327 g/mol.